The molecule has 1 N–H and O–H groups in total. The Morgan fingerprint density at radius 1 is 1.50 bits per heavy atom. The van der Waals surface area contributed by atoms with E-state index in [1.165, 1.54) is 0 Å². The average molecular weight is 322 g/mol. The Balaban J connectivity index is 4.83. The molecule has 0 bridgehead atoms. The van der Waals surface area contributed by atoms with E-state index in [2.05, 4.69) is 43.9 Å². The molecule has 2 atom stereocenters. The molecular weight excluding hydrogens is 298 g/mol. The van der Waals surface area contributed by atoms with Crippen molar-refractivity contribution in [3.63, 3.8) is 0 Å². The Labute approximate surface area is 126 Å². The first-order valence-corrected chi connectivity index (χ1v) is 9.97. The molecule has 0 aromatic carbocycles. The monoisotopic (exact) mass is 321 g/mol. The van der Waals surface area contributed by atoms with Crippen molar-refractivity contribution in [3.8, 4) is 0 Å². The molecule has 0 aromatic rings. The van der Waals surface area contributed by atoms with Gasteiger partial charge in [-0.3, -0.25) is 4.79 Å². The van der Waals surface area contributed by atoms with Gasteiger partial charge in [0.25, 0.3) is 0 Å². The number of azide groups is 1. The molecule has 0 saturated heterocycles. The van der Waals surface area contributed by atoms with Crippen LogP contribution in [0.4, 0.5) is 0 Å². The fourth-order valence-electron chi connectivity index (χ4n) is 1.49. The maximum atomic E-state index is 10.8. The van der Waals surface area contributed by atoms with Crippen LogP contribution in [0.2, 0.25) is 18.1 Å². The Bertz CT molecular complexity index is 379. The number of carboxylic acids is 1. The van der Waals surface area contributed by atoms with E-state index in [1.807, 2.05) is 0 Å². The van der Waals surface area contributed by atoms with E-state index >= 15 is 0 Å². The maximum absolute atomic E-state index is 10.8. The van der Waals surface area contributed by atoms with Crippen LogP contribution < -0.4 is 0 Å². The lowest BCUT2D eigenvalue weighted by Crippen LogP contribution is -2.45. The van der Waals surface area contributed by atoms with E-state index in [-0.39, 0.29) is 23.4 Å². The van der Waals surface area contributed by atoms with Crippen molar-refractivity contribution in [2.45, 2.75) is 63.9 Å². The van der Waals surface area contributed by atoms with Crippen LogP contribution in [-0.4, -0.2) is 37.4 Å². The van der Waals surface area contributed by atoms with Gasteiger partial charge in [-0.15, -0.1) is 11.6 Å². The smallest absolute Gasteiger partial charge is 0.303 e. The standard InChI is InChI=1S/C12H24ClN3O3Si/c1-12(2,3)20(4,5)19-10(8-13)6-9(15-16-14)7-11(17)18/h9-10H,6-8H2,1-5H3,(H,17,18)/t9-,10-/m1/s1. The predicted molar refractivity (Wildman–Crippen MR) is 82.6 cm³/mol. The van der Waals surface area contributed by atoms with Crippen LogP contribution in [0.1, 0.15) is 33.6 Å². The number of rotatable bonds is 8. The topological polar surface area (TPSA) is 95.3 Å². The first kappa shape index (κ1) is 19.2. The highest BCUT2D eigenvalue weighted by atomic mass is 35.5. The molecular formula is C12H24ClN3O3Si. The van der Waals surface area contributed by atoms with Gasteiger partial charge in [0, 0.05) is 10.8 Å². The summed E-state index contributed by atoms with van der Waals surface area (Å²) in [6.45, 7) is 10.6. The van der Waals surface area contributed by atoms with Gasteiger partial charge >= 0.3 is 5.97 Å². The molecule has 0 spiro atoms. The predicted octanol–water partition coefficient (Wildman–Crippen LogP) is 4.16. The fraction of sp³-hybridized carbons (Fsp3) is 0.917. The number of carbonyl (C=O) groups is 1. The van der Waals surface area contributed by atoms with Crippen LogP contribution in [0.15, 0.2) is 5.11 Å². The molecule has 0 saturated carbocycles. The minimum atomic E-state index is -1.99. The van der Waals surface area contributed by atoms with E-state index in [1.54, 1.807) is 0 Å². The highest BCUT2D eigenvalue weighted by Crippen LogP contribution is 2.38. The number of nitrogens with zero attached hydrogens (tertiary/aromatic N) is 3. The molecule has 0 heterocycles. The van der Waals surface area contributed by atoms with Crippen molar-refractivity contribution in [1.29, 1.82) is 0 Å². The van der Waals surface area contributed by atoms with Gasteiger partial charge in [-0.05, 0) is 30.1 Å². The molecule has 0 radical (unpaired) electrons. The van der Waals surface area contributed by atoms with Gasteiger partial charge in [0.2, 0.25) is 0 Å². The van der Waals surface area contributed by atoms with Crippen LogP contribution in [-0.2, 0) is 9.22 Å². The summed E-state index contributed by atoms with van der Waals surface area (Å²) in [4.78, 5) is 13.4. The summed E-state index contributed by atoms with van der Waals surface area (Å²) in [5, 5.41) is 12.4. The van der Waals surface area contributed by atoms with Gasteiger partial charge < -0.3 is 9.53 Å². The van der Waals surface area contributed by atoms with Gasteiger partial charge in [0.05, 0.1) is 18.6 Å². The molecule has 0 aliphatic carbocycles. The van der Waals surface area contributed by atoms with E-state index < -0.39 is 20.3 Å². The molecule has 0 unspecified atom stereocenters. The van der Waals surface area contributed by atoms with Crippen molar-refractivity contribution in [3.05, 3.63) is 10.4 Å². The maximum Gasteiger partial charge on any atom is 0.303 e. The second-order valence-corrected chi connectivity index (χ2v) is 11.4. The zero-order valence-electron chi connectivity index (χ0n) is 12.8. The van der Waals surface area contributed by atoms with E-state index in [4.69, 9.17) is 26.7 Å². The third-order valence-corrected chi connectivity index (χ3v) is 8.48. The second-order valence-electron chi connectivity index (χ2n) is 6.35. The van der Waals surface area contributed by atoms with Crippen molar-refractivity contribution in [1.82, 2.24) is 0 Å². The molecule has 0 fully saturated rings. The zero-order chi connectivity index (χ0) is 16.0. The van der Waals surface area contributed by atoms with Crippen molar-refractivity contribution in [2.75, 3.05) is 5.88 Å². The summed E-state index contributed by atoms with van der Waals surface area (Å²) in [5.74, 6) is -0.744. The Kier molecular flexibility index (Phi) is 7.58. The van der Waals surface area contributed by atoms with Crippen molar-refractivity contribution in [2.24, 2.45) is 5.11 Å². The van der Waals surface area contributed by atoms with Gasteiger partial charge in [-0.2, -0.15) is 0 Å². The van der Waals surface area contributed by atoms with Gasteiger partial charge in [-0.1, -0.05) is 25.9 Å². The first-order valence-electron chi connectivity index (χ1n) is 6.53. The van der Waals surface area contributed by atoms with Crippen molar-refractivity contribution >= 4 is 25.9 Å². The normalized spacial score (nSPS) is 15.3. The number of halogens is 1. The van der Waals surface area contributed by atoms with E-state index in [0.29, 0.717) is 6.42 Å². The molecule has 8 heteroatoms. The SMILES string of the molecule is CC(C)(C)[Si](C)(C)O[C@@H](CCl)C[C@H](CC(=O)O)N=[N+]=[N-]. The van der Waals surface area contributed by atoms with Crippen molar-refractivity contribution < 1.29 is 14.3 Å². The summed E-state index contributed by atoms with van der Waals surface area (Å²) in [7, 11) is -1.99. The molecule has 0 aliphatic heterocycles. The third-order valence-electron chi connectivity index (χ3n) is 3.60. The summed E-state index contributed by atoms with van der Waals surface area (Å²) in [6.07, 6.45) is -0.183. The number of carboxylic acid groups (broad SMARTS) is 1. The Morgan fingerprint density at radius 2 is 2.05 bits per heavy atom. The quantitative estimate of drug-likeness (QED) is 0.239. The Hall–Kier alpha value is -0.753. The molecule has 116 valence electrons. The average Bonchev–Trinajstić information content (AvgIpc) is 2.25. The number of hydrogen-bond donors (Lipinski definition) is 1. The highest BCUT2D eigenvalue weighted by Gasteiger charge is 2.39. The van der Waals surface area contributed by atoms with Gasteiger partial charge in [0.1, 0.15) is 0 Å². The second kappa shape index (κ2) is 7.88. The lowest BCUT2D eigenvalue weighted by Gasteiger charge is -2.39. The zero-order valence-corrected chi connectivity index (χ0v) is 14.5. The lowest BCUT2D eigenvalue weighted by molar-refractivity contribution is -0.137. The van der Waals surface area contributed by atoms with Crippen LogP contribution >= 0.6 is 11.6 Å². The molecule has 0 rings (SSSR count). The number of hydrogen-bond acceptors (Lipinski definition) is 3. The molecule has 0 aromatic heterocycles. The third kappa shape index (κ3) is 6.61. The number of alkyl halides is 1. The van der Waals surface area contributed by atoms with Gasteiger partial charge in [-0.25, -0.2) is 0 Å². The number of aliphatic carboxylic acids is 1. The first-order chi connectivity index (χ1) is 9.03. The van der Waals surface area contributed by atoms with E-state index in [9.17, 15) is 4.79 Å². The molecule has 6 nitrogen and oxygen atoms in total. The fourth-order valence-corrected chi connectivity index (χ4v) is 3.15. The summed E-state index contributed by atoms with van der Waals surface area (Å²) >= 11 is 5.92. The minimum Gasteiger partial charge on any atom is -0.481 e. The minimum absolute atomic E-state index is 0.0398. The molecule has 0 amide bonds. The lowest BCUT2D eigenvalue weighted by atomic mass is 10.1. The van der Waals surface area contributed by atoms with Crippen LogP contribution in [0.3, 0.4) is 0 Å². The molecule has 20 heavy (non-hydrogen) atoms. The summed E-state index contributed by atoms with van der Waals surface area (Å²) in [5.41, 5.74) is 8.50. The summed E-state index contributed by atoms with van der Waals surface area (Å²) < 4.78 is 6.14. The van der Waals surface area contributed by atoms with Crippen LogP contribution in [0.5, 0.6) is 0 Å². The van der Waals surface area contributed by atoms with Gasteiger partial charge in [0.15, 0.2) is 8.32 Å². The molecule has 0 aliphatic rings. The van der Waals surface area contributed by atoms with Crippen LogP contribution in [0, 0.1) is 0 Å². The highest BCUT2D eigenvalue weighted by molar-refractivity contribution is 6.74. The summed E-state index contributed by atoms with van der Waals surface area (Å²) in [6, 6.07) is -0.633. The van der Waals surface area contributed by atoms with Crippen LogP contribution in [0.25, 0.3) is 10.4 Å². The van der Waals surface area contributed by atoms with E-state index in [0.717, 1.165) is 0 Å². The Morgan fingerprint density at radius 3 is 2.40 bits per heavy atom. The largest absolute Gasteiger partial charge is 0.481 e.